The summed E-state index contributed by atoms with van der Waals surface area (Å²) in [5.74, 6) is 0. The first-order chi connectivity index (χ1) is 29.6. The predicted molar refractivity (Wildman–Crippen MR) is 261 cm³/mol. The molecular weight excluding hydrogens is 841 g/mol. The predicted octanol–water partition coefficient (Wildman–Crippen LogP) is 9.08. The number of thiophene rings is 2. The first-order valence-corrected chi connectivity index (χ1v) is 22.4. The zero-order valence-electron chi connectivity index (χ0n) is 35.0. The second-order valence-electron chi connectivity index (χ2n) is 17.2. The van der Waals surface area contributed by atoms with Crippen molar-refractivity contribution in [2.75, 3.05) is 0 Å². The molecule has 12 nitrogen and oxygen atoms in total. The largest absolute Gasteiger partial charge is 0.390 e. The van der Waals surface area contributed by atoms with E-state index in [1.54, 1.807) is 34.2 Å². The van der Waals surface area contributed by atoms with Gasteiger partial charge in [-0.3, -0.25) is 28.7 Å². The molecule has 2 saturated carbocycles. The molecule has 10 rings (SSSR count). The second-order valence-corrected chi connectivity index (χ2v) is 19.2. The number of aliphatic hydroxyl groups is 2. The number of hydrogen-bond donors (Lipinski definition) is 4. The van der Waals surface area contributed by atoms with Crippen LogP contribution >= 0.6 is 22.7 Å². The van der Waals surface area contributed by atoms with E-state index in [1.165, 1.54) is 22.7 Å². The van der Waals surface area contributed by atoms with E-state index in [0.717, 1.165) is 54.5 Å². The molecule has 0 radical (unpaired) electrons. The molecule has 2 aliphatic carbocycles. The summed E-state index contributed by atoms with van der Waals surface area (Å²) in [6, 6.07) is 27.7. The van der Waals surface area contributed by atoms with Crippen LogP contribution in [0.4, 0.5) is 0 Å². The highest BCUT2D eigenvalue weighted by Gasteiger charge is 2.50. The molecule has 2 aromatic carbocycles. The van der Waals surface area contributed by atoms with Gasteiger partial charge < -0.3 is 21.7 Å². The van der Waals surface area contributed by atoms with Gasteiger partial charge in [-0.05, 0) is 99.9 Å². The maximum Gasteiger partial charge on any atom is 0.262 e. The topological polar surface area (TPSA) is 188 Å². The maximum atomic E-state index is 13.2. The highest BCUT2D eigenvalue weighted by Crippen LogP contribution is 2.49. The van der Waals surface area contributed by atoms with Gasteiger partial charge in [0.25, 0.3) is 11.1 Å². The van der Waals surface area contributed by atoms with E-state index in [4.69, 9.17) is 11.5 Å². The van der Waals surface area contributed by atoms with Gasteiger partial charge in [0.1, 0.15) is 9.66 Å². The molecular formula is C50H56N8O4S2. The van der Waals surface area contributed by atoms with Crippen molar-refractivity contribution in [2.24, 2.45) is 11.5 Å². The van der Waals surface area contributed by atoms with Gasteiger partial charge in [0, 0.05) is 57.4 Å². The molecule has 8 aromatic rings. The first kappa shape index (κ1) is 46.3. The lowest BCUT2D eigenvalue weighted by Gasteiger charge is -2.49. The van der Waals surface area contributed by atoms with Crippen molar-refractivity contribution in [3.8, 4) is 43.4 Å². The minimum atomic E-state index is -0.699. The van der Waals surface area contributed by atoms with Crippen LogP contribution in [-0.4, -0.2) is 50.5 Å². The van der Waals surface area contributed by atoms with Crippen molar-refractivity contribution in [3.05, 3.63) is 142 Å². The monoisotopic (exact) mass is 896 g/mol. The van der Waals surface area contributed by atoms with Gasteiger partial charge in [-0.15, -0.1) is 22.7 Å². The molecule has 0 spiro atoms. The Morgan fingerprint density at radius 1 is 0.578 bits per heavy atom. The van der Waals surface area contributed by atoms with Gasteiger partial charge in [0.15, 0.2) is 0 Å². The lowest BCUT2D eigenvalue weighted by Crippen LogP contribution is -2.58. The number of fused-ring (bicyclic) bond motifs is 2. The van der Waals surface area contributed by atoms with Crippen LogP contribution in [0.25, 0.3) is 63.8 Å². The Labute approximate surface area is 381 Å². The summed E-state index contributed by atoms with van der Waals surface area (Å²) < 4.78 is 3.24. The maximum absolute atomic E-state index is 13.2. The van der Waals surface area contributed by atoms with E-state index >= 15 is 0 Å². The van der Waals surface area contributed by atoms with E-state index < -0.39 is 22.3 Å². The average molecular weight is 897 g/mol. The molecule has 332 valence electrons. The Kier molecular flexibility index (Phi) is 12.5. The van der Waals surface area contributed by atoms with Crippen LogP contribution in [0.3, 0.4) is 0 Å². The molecule has 2 fully saturated rings. The Morgan fingerprint density at radius 2 is 0.938 bits per heavy atom. The number of aromatic nitrogens is 6. The average Bonchev–Trinajstić information content (AvgIpc) is 3.84. The standard InChI is InChI=1S/2C24H24N4O2S.2CH4/c2*1-3-28-14-27-21-19(22(28)29)18(17-6-4-5-11-26-17)20(31-21)15-7-9-16(10-8-15)24(25)12-23(2,30)13-24;;/h2*4-11,14,30H,3,12-13,25H2,1-2H3;2*1H4. The molecule has 6 heterocycles. The van der Waals surface area contributed by atoms with E-state index in [-0.39, 0.29) is 26.0 Å². The lowest BCUT2D eigenvalue weighted by molar-refractivity contribution is -0.0744. The number of rotatable bonds is 8. The van der Waals surface area contributed by atoms with Gasteiger partial charge in [-0.2, -0.15) is 0 Å². The van der Waals surface area contributed by atoms with E-state index in [9.17, 15) is 19.8 Å². The third kappa shape index (κ3) is 8.26. The molecule has 14 heteroatoms. The van der Waals surface area contributed by atoms with Crippen molar-refractivity contribution < 1.29 is 10.2 Å². The third-order valence-corrected chi connectivity index (χ3v) is 14.4. The van der Waals surface area contributed by atoms with Crippen molar-refractivity contribution in [3.63, 3.8) is 0 Å². The third-order valence-electron chi connectivity index (χ3n) is 12.1. The van der Waals surface area contributed by atoms with Gasteiger partial charge >= 0.3 is 0 Å². The zero-order chi connectivity index (χ0) is 43.6. The molecule has 0 bridgehead atoms. The normalized spacial score (nSPS) is 22.4. The summed E-state index contributed by atoms with van der Waals surface area (Å²) in [7, 11) is 0. The van der Waals surface area contributed by atoms with E-state index in [2.05, 4.69) is 19.9 Å². The van der Waals surface area contributed by atoms with E-state index in [0.29, 0.717) is 59.2 Å². The quantitative estimate of drug-likeness (QED) is 0.115. The van der Waals surface area contributed by atoms with Crippen LogP contribution in [0.1, 0.15) is 79.4 Å². The van der Waals surface area contributed by atoms with Crippen molar-refractivity contribution >= 4 is 43.1 Å². The molecule has 0 atom stereocenters. The second kappa shape index (κ2) is 17.3. The van der Waals surface area contributed by atoms with Gasteiger partial charge in [0.05, 0.1) is 46.0 Å². The number of benzene rings is 2. The number of nitrogens with two attached hydrogens (primary N) is 2. The van der Waals surface area contributed by atoms with Crippen LogP contribution in [0.5, 0.6) is 0 Å². The minimum absolute atomic E-state index is 0. The van der Waals surface area contributed by atoms with Crippen molar-refractivity contribution in [1.29, 1.82) is 0 Å². The fourth-order valence-electron chi connectivity index (χ4n) is 9.35. The Bertz CT molecular complexity index is 2840. The van der Waals surface area contributed by atoms with Crippen LogP contribution in [0, 0.1) is 0 Å². The Morgan fingerprint density at radius 3 is 1.23 bits per heavy atom. The molecule has 0 unspecified atom stereocenters. The number of pyridine rings is 2. The summed E-state index contributed by atoms with van der Waals surface area (Å²) >= 11 is 3.00. The molecule has 0 aliphatic heterocycles. The summed E-state index contributed by atoms with van der Waals surface area (Å²) in [5.41, 5.74) is 17.7. The van der Waals surface area contributed by atoms with Crippen LogP contribution in [0.15, 0.2) is 120 Å². The summed E-state index contributed by atoms with van der Waals surface area (Å²) in [5, 5.41) is 21.5. The van der Waals surface area contributed by atoms with Crippen LogP contribution < -0.4 is 22.6 Å². The first-order valence-electron chi connectivity index (χ1n) is 20.7. The van der Waals surface area contributed by atoms with E-state index in [1.807, 2.05) is 113 Å². The smallest absolute Gasteiger partial charge is 0.262 e. The molecule has 6 aromatic heterocycles. The summed E-state index contributed by atoms with van der Waals surface area (Å²) in [6.07, 6.45) is 8.86. The highest BCUT2D eigenvalue weighted by atomic mass is 32.1. The number of nitrogens with zero attached hydrogens (tertiary/aromatic N) is 6. The van der Waals surface area contributed by atoms with Gasteiger partial charge in [0.2, 0.25) is 0 Å². The molecule has 6 N–H and O–H groups in total. The lowest BCUT2D eigenvalue weighted by atomic mass is 9.63. The minimum Gasteiger partial charge on any atom is -0.390 e. The van der Waals surface area contributed by atoms with Crippen molar-refractivity contribution in [2.45, 2.75) is 104 Å². The summed E-state index contributed by atoms with van der Waals surface area (Å²) in [4.78, 5) is 47.8. The highest BCUT2D eigenvalue weighted by molar-refractivity contribution is 7.23. The summed E-state index contributed by atoms with van der Waals surface area (Å²) in [6.45, 7) is 8.62. The zero-order valence-corrected chi connectivity index (χ0v) is 36.6. The van der Waals surface area contributed by atoms with Gasteiger partial charge in [-0.25, -0.2) is 9.97 Å². The Hall–Kier alpha value is -5.74. The fourth-order valence-corrected chi connectivity index (χ4v) is 11.6. The fraction of sp³-hybridized carbons (Fsp3) is 0.320. The number of aryl methyl sites for hydroxylation is 2. The Balaban J connectivity index is 0.000000186. The molecule has 0 amide bonds. The molecule has 0 saturated heterocycles. The van der Waals surface area contributed by atoms with Crippen LogP contribution in [-0.2, 0) is 24.2 Å². The van der Waals surface area contributed by atoms with Gasteiger partial charge in [-0.1, -0.05) is 75.5 Å². The van der Waals surface area contributed by atoms with Crippen LogP contribution in [0.2, 0.25) is 0 Å². The van der Waals surface area contributed by atoms with Crippen molar-refractivity contribution in [1.82, 2.24) is 29.1 Å². The number of hydrogen-bond acceptors (Lipinski definition) is 12. The molecule has 2 aliphatic rings. The molecule has 64 heavy (non-hydrogen) atoms. The SMILES string of the molecule is C.C.CCn1cnc2sc(-c3ccc(C4(N)CC(C)(O)C4)cc3)c(-c3ccccn3)c2c1=O.CCn1cnc2sc(-c3ccc(C4(N)CC(C)(O)C4)cc3)c(-c3ccccn3)c2c1=O.